The SMILES string of the molecule is CC(C)C1CCN(CCOC2CC(C(C)C)C2)CC1. The number of hydrogen-bond acceptors (Lipinski definition) is 2. The largest absolute Gasteiger partial charge is 0.377 e. The van der Waals surface area contributed by atoms with Gasteiger partial charge in [0, 0.05) is 6.54 Å². The first-order chi connectivity index (χ1) is 9.06. The van der Waals surface area contributed by atoms with Crippen molar-refractivity contribution in [3.63, 3.8) is 0 Å². The number of piperidine rings is 1. The molecule has 0 radical (unpaired) electrons. The lowest BCUT2D eigenvalue weighted by molar-refractivity contribution is -0.0507. The van der Waals surface area contributed by atoms with Crippen LogP contribution in [0.4, 0.5) is 0 Å². The van der Waals surface area contributed by atoms with Crippen LogP contribution in [0.1, 0.15) is 53.4 Å². The van der Waals surface area contributed by atoms with Gasteiger partial charge >= 0.3 is 0 Å². The third kappa shape index (κ3) is 4.46. The average molecular weight is 267 g/mol. The maximum Gasteiger partial charge on any atom is 0.0597 e. The Morgan fingerprint density at radius 3 is 2.05 bits per heavy atom. The van der Waals surface area contributed by atoms with Crippen molar-refractivity contribution in [1.82, 2.24) is 4.90 Å². The fraction of sp³-hybridized carbons (Fsp3) is 1.00. The molecular formula is C17H33NO. The standard InChI is InChI=1S/C17H33NO/c1-13(2)15-5-7-18(8-6-15)9-10-19-17-11-16(12-17)14(3)4/h13-17H,5-12H2,1-4H3. The number of ether oxygens (including phenoxy) is 1. The second-order valence-corrected chi connectivity index (χ2v) is 7.39. The summed E-state index contributed by atoms with van der Waals surface area (Å²) in [5.74, 6) is 3.58. The lowest BCUT2D eigenvalue weighted by Crippen LogP contribution is -2.39. The molecule has 112 valence electrons. The Kier molecular flexibility index (Phi) is 5.70. The third-order valence-corrected chi connectivity index (χ3v) is 5.41. The van der Waals surface area contributed by atoms with E-state index in [0.29, 0.717) is 6.10 Å². The van der Waals surface area contributed by atoms with Crippen molar-refractivity contribution in [1.29, 1.82) is 0 Å². The van der Waals surface area contributed by atoms with E-state index in [1.165, 1.54) is 38.8 Å². The normalized spacial score (nSPS) is 30.0. The van der Waals surface area contributed by atoms with Gasteiger partial charge in [-0.25, -0.2) is 0 Å². The molecule has 19 heavy (non-hydrogen) atoms. The van der Waals surface area contributed by atoms with Crippen LogP contribution in [-0.4, -0.2) is 37.2 Å². The molecule has 0 aromatic carbocycles. The first-order valence-corrected chi connectivity index (χ1v) is 8.40. The van der Waals surface area contributed by atoms with Crippen molar-refractivity contribution in [3.8, 4) is 0 Å². The highest BCUT2D eigenvalue weighted by atomic mass is 16.5. The Hall–Kier alpha value is -0.0800. The summed E-state index contributed by atoms with van der Waals surface area (Å²) >= 11 is 0. The van der Waals surface area contributed by atoms with Crippen LogP contribution in [0.25, 0.3) is 0 Å². The second kappa shape index (κ2) is 7.08. The van der Waals surface area contributed by atoms with Crippen LogP contribution in [0.3, 0.4) is 0 Å². The minimum Gasteiger partial charge on any atom is -0.377 e. The average Bonchev–Trinajstić information content (AvgIpc) is 2.32. The predicted molar refractivity (Wildman–Crippen MR) is 81.3 cm³/mol. The maximum atomic E-state index is 5.99. The Labute approximate surface area is 119 Å². The van der Waals surface area contributed by atoms with Gasteiger partial charge in [-0.05, 0) is 62.4 Å². The summed E-state index contributed by atoms with van der Waals surface area (Å²) in [6.45, 7) is 14.1. The Bertz CT molecular complexity index is 250. The van der Waals surface area contributed by atoms with Gasteiger partial charge in [-0.1, -0.05) is 27.7 Å². The fourth-order valence-corrected chi connectivity index (χ4v) is 3.48. The molecule has 2 heteroatoms. The third-order valence-electron chi connectivity index (χ3n) is 5.41. The van der Waals surface area contributed by atoms with Crippen molar-refractivity contribution >= 4 is 0 Å². The van der Waals surface area contributed by atoms with E-state index in [0.717, 1.165) is 36.8 Å². The van der Waals surface area contributed by atoms with Crippen molar-refractivity contribution < 1.29 is 4.74 Å². The van der Waals surface area contributed by atoms with E-state index in [2.05, 4.69) is 32.6 Å². The Morgan fingerprint density at radius 1 is 0.947 bits per heavy atom. The highest BCUT2D eigenvalue weighted by molar-refractivity contribution is 4.82. The van der Waals surface area contributed by atoms with Gasteiger partial charge in [0.2, 0.25) is 0 Å². The lowest BCUT2D eigenvalue weighted by Gasteiger charge is -2.38. The second-order valence-electron chi connectivity index (χ2n) is 7.39. The van der Waals surface area contributed by atoms with Gasteiger partial charge in [-0.2, -0.15) is 0 Å². The molecule has 1 aliphatic heterocycles. The first kappa shape index (κ1) is 15.3. The van der Waals surface area contributed by atoms with Crippen molar-refractivity contribution in [2.24, 2.45) is 23.7 Å². The van der Waals surface area contributed by atoms with Crippen LogP contribution in [-0.2, 0) is 4.74 Å². The molecule has 1 saturated heterocycles. The monoisotopic (exact) mass is 267 g/mol. The van der Waals surface area contributed by atoms with Gasteiger partial charge in [0.05, 0.1) is 12.7 Å². The molecule has 0 unspecified atom stereocenters. The van der Waals surface area contributed by atoms with Gasteiger partial charge in [-0.3, -0.25) is 0 Å². The molecule has 2 rings (SSSR count). The molecule has 0 aromatic heterocycles. The van der Waals surface area contributed by atoms with E-state index in [1.807, 2.05) is 0 Å². The summed E-state index contributed by atoms with van der Waals surface area (Å²) < 4.78 is 5.99. The molecule has 2 nitrogen and oxygen atoms in total. The lowest BCUT2D eigenvalue weighted by atomic mass is 9.75. The number of hydrogen-bond donors (Lipinski definition) is 0. The summed E-state index contributed by atoms with van der Waals surface area (Å²) in [4.78, 5) is 2.59. The van der Waals surface area contributed by atoms with Crippen LogP contribution in [0.15, 0.2) is 0 Å². The van der Waals surface area contributed by atoms with Gasteiger partial charge in [-0.15, -0.1) is 0 Å². The first-order valence-electron chi connectivity index (χ1n) is 8.40. The molecule has 0 spiro atoms. The van der Waals surface area contributed by atoms with E-state index in [9.17, 15) is 0 Å². The van der Waals surface area contributed by atoms with Crippen LogP contribution in [0.2, 0.25) is 0 Å². The summed E-state index contributed by atoms with van der Waals surface area (Å²) in [5, 5.41) is 0. The molecule has 0 N–H and O–H groups in total. The Morgan fingerprint density at radius 2 is 1.53 bits per heavy atom. The Balaban J connectivity index is 1.51. The molecule has 0 bridgehead atoms. The molecule has 0 atom stereocenters. The van der Waals surface area contributed by atoms with E-state index < -0.39 is 0 Å². The quantitative estimate of drug-likeness (QED) is 0.725. The maximum absolute atomic E-state index is 5.99. The summed E-state index contributed by atoms with van der Waals surface area (Å²) in [6.07, 6.45) is 5.94. The molecule has 0 amide bonds. The van der Waals surface area contributed by atoms with Crippen molar-refractivity contribution in [2.45, 2.75) is 59.5 Å². The fourth-order valence-electron chi connectivity index (χ4n) is 3.48. The zero-order valence-corrected chi connectivity index (χ0v) is 13.4. The van der Waals surface area contributed by atoms with Gasteiger partial charge in [0.15, 0.2) is 0 Å². The summed E-state index contributed by atoms with van der Waals surface area (Å²) in [5.41, 5.74) is 0. The van der Waals surface area contributed by atoms with Gasteiger partial charge in [0.25, 0.3) is 0 Å². The zero-order chi connectivity index (χ0) is 13.8. The highest BCUT2D eigenvalue weighted by Gasteiger charge is 2.31. The number of nitrogens with zero attached hydrogens (tertiary/aromatic N) is 1. The van der Waals surface area contributed by atoms with E-state index in [4.69, 9.17) is 4.74 Å². The molecule has 2 fully saturated rings. The van der Waals surface area contributed by atoms with Crippen molar-refractivity contribution in [3.05, 3.63) is 0 Å². The minimum atomic E-state index is 0.570. The van der Waals surface area contributed by atoms with Gasteiger partial charge in [0.1, 0.15) is 0 Å². The van der Waals surface area contributed by atoms with E-state index >= 15 is 0 Å². The van der Waals surface area contributed by atoms with Crippen LogP contribution >= 0.6 is 0 Å². The number of likely N-dealkylation sites (tertiary alicyclic amines) is 1. The van der Waals surface area contributed by atoms with Gasteiger partial charge < -0.3 is 9.64 Å². The summed E-state index contributed by atoms with van der Waals surface area (Å²) in [6, 6.07) is 0. The molecule has 1 heterocycles. The topological polar surface area (TPSA) is 12.5 Å². The smallest absolute Gasteiger partial charge is 0.0597 e. The van der Waals surface area contributed by atoms with Crippen LogP contribution in [0, 0.1) is 23.7 Å². The predicted octanol–water partition coefficient (Wildman–Crippen LogP) is 3.81. The van der Waals surface area contributed by atoms with Crippen LogP contribution in [0.5, 0.6) is 0 Å². The van der Waals surface area contributed by atoms with E-state index in [-0.39, 0.29) is 0 Å². The molecule has 1 saturated carbocycles. The summed E-state index contributed by atoms with van der Waals surface area (Å²) in [7, 11) is 0. The number of rotatable bonds is 6. The minimum absolute atomic E-state index is 0.570. The van der Waals surface area contributed by atoms with Crippen LogP contribution < -0.4 is 0 Å². The van der Waals surface area contributed by atoms with Crippen molar-refractivity contribution in [2.75, 3.05) is 26.2 Å². The molecule has 0 aromatic rings. The molecule has 2 aliphatic rings. The highest BCUT2D eigenvalue weighted by Crippen LogP contribution is 2.35. The van der Waals surface area contributed by atoms with E-state index in [1.54, 1.807) is 0 Å². The zero-order valence-electron chi connectivity index (χ0n) is 13.4. The molecular weight excluding hydrogens is 234 g/mol. The molecule has 1 aliphatic carbocycles.